The molecule has 0 aliphatic carbocycles. The summed E-state index contributed by atoms with van der Waals surface area (Å²) >= 11 is 0. The smallest absolute Gasteiger partial charge is 0.233 e. The summed E-state index contributed by atoms with van der Waals surface area (Å²) in [5.41, 5.74) is 4.68. The van der Waals surface area contributed by atoms with Gasteiger partial charge in [0.1, 0.15) is 5.69 Å². The number of ether oxygens (including phenoxy) is 1. The highest BCUT2D eigenvalue weighted by Crippen LogP contribution is 2.37. The minimum Gasteiger partial charge on any atom is -0.376 e. The minimum atomic E-state index is -0.397. The van der Waals surface area contributed by atoms with Crippen LogP contribution in [0.1, 0.15) is 31.7 Å². The quantitative estimate of drug-likeness (QED) is 0.613. The summed E-state index contributed by atoms with van der Waals surface area (Å²) in [5, 5.41) is 11.8. The summed E-state index contributed by atoms with van der Waals surface area (Å²) in [7, 11) is 0. The summed E-state index contributed by atoms with van der Waals surface area (Å²) in [6.07, 6.45) is 5.70. The van der Waals surface area contributed by atoms with E-state index in [1.807, 2.05) is 48.1 Å². The van der Waals surface area contributed by atoms with Crippen LogP contribution in [0.5, 0.6) is 0 Å². The number of hydrogen-bond acceptors (Lipinski definition) is 5. The zero-order valence-corrected chi connectivity index (χ0v) is 19.3. The number of nitrogens with zero attached hydrogens (tertiary/aromatic N) is 4. The molecule has 1 unspecified atom stereocenters. The van der Waals surface area contributed by atoms with Gasteiger partial charge in [-0.2, -0.15) is 0 Å². The number of nitrogens with one attached hydrogen (secondary N) is 1. The number of benzene rings is 2. The molecule has 1 atom stereocenters. The van der Waals surface area contributed by atoms with Crippen molar-refractivity contribution in [3.63, 3.8) is 0 Å². The number of hydrogen-bond donors (Lipinski definition) is 1. The van der Waals surface area contributed by atoms with Gasteiger partial charge in [0.05, 0.1) is 24.3 Å². The van der Waals surface area contributed by atoms with Gasteiger partial charge in [0.25, 0.3) is 0 Å². The van der Waals surface area contributed by atoms with E-state index in [2.05, 4.69) is 45.7 Å². The Balaban J connectivity index is 1.21. The molecule has 7 heteroatoms. The van der Waals surface area contributed by atoms with E-state index in [1.54, 1.807) is 0 Å². The van der Waals surface area contributed by atoms with E-state index in [-0.39, 0.29) is 12.0 Å². The molecule has 1 aromatic heterocycles. The highest BCUT2D eigenvalue weighted by Gasteiger charge is 2.45. The predicted octanol–water partition coefficient (Wildman–Crippen LogP) is 4.29. The van der Waals surface area contributed by atoms with Crippen LogP contribution in [0.15, 0.2) is 54.7 Å². The number of aryl methyl sites for hydroxylation is 1. The highest BCUT2D eigenvalue weighted by molar-refractivity contribution is 5.97. The summed E-state index contributed by atoms with van der Waals surface area (Å²) in [6, 6.07) is 16.0. The lowest BCUT2D eigenvalue weighted by Crippen LogP contribution is -2.60. The second kappa shape index (κ2) is 8.98. The van der Waals surface area contributed by atoms with Crippen molar-refractivity contribution in [1.82, 2.24) is 15.0 Å². The number of rotatable bonds is 6. The number of carbonyl (C=O) groups excluding carboxylic acids is 1. The Morgan fingerprint density at radius 3 is 2.73 bits per heavy atom. The molecule has 0 spiro atoms. The van der Waals surface area contributed by atoms with Crippen molar-refractivity contribution in [2.45, 2.75) is 45.8 Å². The Morgan fingerprint density at radius 1 is 1.18 bits per heavy atom. The number of carbonyl (C=O) groups is 1. The van der Waals surface area contributed by atoms with Crippen molar-refractivity contribution >= 4 is 17.3 Å². The van der Waals surface area contributed by atoms with Crippen molar-refractivity contribution in [1.29, 1.82) is 0 Å². The largest absolute Gasteiger partial charge is 0.376 e. The second-order valence-corrected chi connectivity index (χ2v) is 9.55. The van der Waals surface area contributed by atoms with Crippen LogP contribution in [-0.4, -0.2) is 46.7 Å². The number of amides is 1. The van der Waals surface area contributed by atoms with Gasteiger partial charge in [0, 0.05) is 36.6 Å². The van der Waals surface area contributed by atoms with Crippen LogP contribution < -0.4 is 10.2 Å². The van der Waals surface area contributed by atoms with Crippen molar-refractivity contribution in [3.05, 3.63) is 60.3 Å². The summed E-state index contributed by atoms with van der Waals surface area (Å²) in [5.74, 6) is 0.0665. The van der Waals surface area contributed by atoms with Crippen LogP contribution in [0.3, 0.4) is 0 Å². The molecule has 5 rings (SSSR count). The molecule has 3 aromatic rings. The van der Waals surface area contributed by atoms with E-state index in [0.717, 1.165) is 54.2 Å². The van der Waals surface area contributed by atoms with Gasteiger partial charge in [0.15, 0.2) is 0 Å². The lowest BCUT2D eigenvalue weighted by Gasteiger charge is -2.48. The van der Waals surface area contributed by atoms with Crippen molar-refractivity contribution in [2.24, 2.45) is 5.41 Å². The maximum atomic E-state index is 12.8. The van der Waals surface area contributed by atoms with Gasteiger partial charge in [0.2, 0.25) is 5.91 Å². The average Bonchev–Trinajstić information content (AvgIpc) is 3.26. The first-order valence-electron chi connectivity index (χ1n) is 11.7. The maximum absolute atomic E-state index is 12.8. The molecule has 0 radical (unpaired) electrons. The first kappa shape index (κ1) is 21.6. The van der Waals surface area contributed by atoms with E-state index < -0.39 is 5.41 Å². The molecule has 2 fully saturated rings. The van der Waals surface area contributed by atoms with Crippen molar-refractivity contribution in [3.8, 4) is 11.3 Å². The summed E-state index contributed by atoms with van der Waals surface area (Å²) < 4.78 is 7.72. The van der Waals surface area contributed by atoms with Crippen LogP contribution in [0.25, 0.3) is 11.3 Å². The molecular weight excluding hydrogens is 414 g/mol. The SMILES string of the molecule is Cc1cc(N2CC(C)(C(=O)Nc3ccccc3)C2)ccc1-c1cn(CC2CCCCO2)nn1. The Hall–Kier alpha value is -3.19. The molecule has 172 valence electrons. The Kier molecular flexibility index (Phi) is 5.89. The van der Waals surface area contributed by atoms with Crippen LogP contribution in [-0.2, 0) is 16.1 Å². The normalized spacial score (nSPS) is 19.7. The van der Waals surface area contributed by atoms with E-state index in [0.29, 0.717) is 13.1 Å². The fraction of sp³-hybridized carbons (Fsp3) is 0.423. The van der Waals surface area contributed by atoms with Gasteiger partial charge >= 0.3 is 0 Å². The molecule has 2 aliphatic heterocycles. The zero-order chi connectivity index (χ0) is 22.8. The van der Waals surface area contributed by atoms with Crippen LogP contribution in [0.4, 0.5) is 11.4 Å². The molecule has 1 N–H and O–H groups in total. The van der Waals surface area contributed by atoms with Gasteiger partial charge in [-0.1, -0.05) is 29.5 Å². The fourth-order valence-corrected chi connectivity index (χ4v) is 4.73. The van der Waals surface area contributed by atoms with E-state index in [4.69, 9.17) is 4.74 Å². The van der Waals surface area contributed by atoms with E-state index in [1.165, 1.54) is 6.42 Å². The lowest BCUT2D eigenvalue weighted by atomic mass is 9.80. The molecular formula is C26H31N5O2. The van der Waals surface area contributed by atoms with Gasteiger partial charge in [-0.25, -0.2) is 4.68 Å². The Bertz CT molecular complexity index is 1110. The standard InChI is InChI=1S/C26H31N5O2/c1-19-14-21(30-17-26(2,18-30)25(32)27-20-8-4-3-5-9-20)11-12-23(19)24-16-31(29-28-24)15-22-10-6-7-13-33-22/h3-5,8-9,11-12,14,16,22H,6-7,10,13,15,17-18H2,1-2H3,(H,27,32). The zero-order valence-electron chi connectivity index (χ0n) is 19.3. The molecule has 0 bridgehead atoms. The van der Waals surface area contributed by atoms with Gasteiger partial charge in [-0.05, 0) is 62.9 Å². The third-order valence-electron chi connectivity index (χ3n) is 6.71. The van der Waals surface area contributed by atoms with Gasteiger partial charge in [-0.3, -0.25) is 4.79 Å². The number of aromatic nitrogens is 3. The third-order valence-corrected chi connectivity index (χ3v) is 6.71. The molecule has 3 heterocycles. The Morgan fingerprint density at radius 2 is 2.00 bits per heavy atom. The lowest BCUT2D eigenvalue weighted by molar-refractivity contribution is -0.126. The van der Waals surface area contributed by atoms with Gasteiger partial charge in [-0.15, -0.1) is 5.10 Å². The minimum absolute atomic E-state index is 0.0665. The van der Waals surface area contributed by atoms with Crippen LogP contribution in [0, 0.1) is 12.3 Å². The molecule has 33 heavy (non-hydrogen) atoms. The highest BCUT2D eigenvalue weighted by atomic mass is 16.5. The van der Waals surface area contributed by atoms with E-state index in [9.17, 15) is 4.79 Å². The molecule has 2 aromatic carbocycles. The molecule has 7 nitrogen and oxygen atoms in total. The van der Waals surface area contributed by atoms with Crippen molar-refractivity contribution < 1.29 is 9.53 Å². The van der Waals surface area contributed by atoms with Crippen molar-refractivity contribution in [2.75, 3.05) is 29.9 Å². The fourth-order valence-electron chi connectivity index (χ4n) is 4.73. The third kappa shape index (κ3) is 4.64. The Labute approximate surface area is 194 Å². The first-order valence-corrected chi connectivity index (χ1v) is 11.7. The first-order chi connectivity index (χ1) is 16.0. The average molecular weight is 446 g/mol. The molecule has 0 saturated carbocycles. The van der Waals surface area contributed by atoms with Gasteiger partial charge < -0.3 is 15.0 Å². The monoisotopic (exact) mass is 445 g/mol. The maximum Gasteiger partial charge on any atom is 0.233 e. The van der Waals surface area contributed by atoms with Crippen LogP contribution in [0.2, 0.25) is 0 Å². The number of anilines is 2. The van der Waals surface area contributed by atoms with E-state index >= 15 is 0 Å². The topological polar surface area (TPSA) is 72.3 Å². The van der Waals surface area contributed by atoms with Crippen LogP contribution >= 0.6 is 0 Å². The molecule has 2 aliphatic rings. The number of para-hydroxylation sites is 1. The molecule has 2 saturated heterocycles. The summed E-state index contributed by atoms with van der Waals surface area (Å²) in [6.45, 7) is 7.11. The predicted molar refractivity (Wildman–Crippen MR) is 129 cm³/mol. The second-order valence-electron chi connectivity index (χ2n) is 9.55. The molecule has 1 amide bonds. The summed E-state index contributed by atoms with van der Waals surface area (Å²) in [4.78, 5) is 15.0.